The topological polar surface area (TPSA) is 9.23 Å². The van der Waals surface area contributed by atoms with E-state index in [-0.39, 0.29) is 23.5 Å². The largest absolute Gasteiger partial charge is 0.493 e. The summed E-state index contributed by atoms with van der Waals surface area (Å²) < 4.78 is 47.0. The molecule has 0 atom stereocenters. The summed E-state index contributed by atoms with van der Waals surface area (Å²) in [5, 5.41) is 0. The van der Waals surface area contributed by atoms with Gasteiger partial charge in [0.05, 0.1) is 6.61 Å². The van der Waals surface area contributed by atoms with Crippen LogP contribution in [0.4, 0.5) is 13.2 Å². The number of hydrogen-bond donors (Lipinski definition) is 0. The van der Waals surface area contributed by atoms with Gasteiger partial charge in [-0.25, -0.2) is 13.2 Å². The Balaban J connectivity index is 1.21. The Morgan fingerprint density at radius 2 is 1.55 bits per heavy atom. The predicted molar refractivity (Wildman–Crippen MR) is 128 cm³/mol. The third-order valence-electron chi connectivity index (χ3n) is 8.91. The van der Waals surface area contributed by atoms with Gasteiger partial charge in [-0.05, 0) is 112 Å². The molecule has 0 saturated heterocycles. The van der Waals surface area contributed by atoms with Gasteiger partial charge in [-0.1, -0.05) is 25.8 Å². The summed E-state index contributed by atoms with van der Waals surface area (Å²) in [6, 6.07) is 5.27. The molecule has 1 aromatic carbocycles. The Morgan fingerprint density at radius 1 is 0.909 bits per heavy atom. The van der Waals surface area contributed by atoms with Crippen molar-refractivity contribution in [1.29, 1.82) is 0 Å². The lowest BCUT2D eigenvalue weighted by molar-refractivity contribution is 0.126. The smallest absolute Gasteiger partial charge is 0.130 e. The van der Waals surface area contributed by atoms with E-state index in [9.17, 15) is 13.2 Å². The summed E-state index contributed by atoms with van der Waals surface area (Å²) in [6.45, 7) is 2.31. The molecule has 1 aromatic rings. The van der Waals surface area contributed by atoms with Gasteiger partial charge in [0.15, 0.2) is 0 Å². The maximum absolute atomic E-state index is 14.8. The van der Waals surface area contributed by atoms with Gasteiger partial charge in [-0.2, -0.15) is 0 Å². The number of ether oxygens (including phenoxy) is 1. The highest BCUT2D eigenvalue weighted by Crippen LogP contribution is 2.42. The third kappa shape index (κ3) is 6.57. The van der Waals surface area contributed by atoms with E-state index in [0.29, 0.717) is 36.7 Å². The van der Waals surface area contributed by atoms with Gasteiger partial charge in [-0.15, -0.1) is 0 Å². The van der Waals surface area contributed by atoms with Crippen molar-refractivity contribution >= 4 is 0 Å². The molecule has 0 N–H and O–H groups in total. The van der Waals surface area contributed by atoms with Crippen molar-refractivity contribution < 1.29 is 17.9 Å². The van der Waals surface area contributed by atoms with E-state index in [1.54, 1.807) is 0 Å². The van der Waals surface area contributed by atoms with Crippen LogP contribution in [0.3, 0.4) is 0 Å². The van der Waals surface area contributed by atoms with Gasteiger partial charge in [0.25, 0.3) is 0 Å². The molecule has 0 amide bonds. The quantitative estimate of drug-likeness (QED) is 0.393. The number of hydrogen-bond acceptors (Lipinski definition) is 1. The van der Waals surface area contributed by atoms with Gasteiger partial charge in [0.1, 0.15) is 24.1 Å². The van der Waals surface area contributed by atoms with Crippen LogP contribution in [-0.2, 0) is 0 Å². The number of alkyl halides is 1. The fourth-order valence-corrected chi connectivity index (χ4v) is 6.65. The average molecular weight is 463 g/mol. The molecule has 33 heavy (non-hydrogen) atoms. The van der Waals surface area contributed by atoms with Crippen LogP contribution < -0.4 is 4.74 Å². The van der Waals surface area contributed by atoms with Gasteiger partial charge >= 0.3 is 0 Å². The molecule has 0 bridgehead atoms. The Hall–Kier alpha value is -1.45. The van der Waals surface area contributed by atoms with Crippen molar-refractivity contribution in [2.45, 2.75) is 89.9 Å². The monoisotopic (exact) mass is 462 g/mol. The Bertz CT molecular complexity index is 767. The van der Waals surface area contributed by atoms with Crippen molar-refractivity contribution in [2.24, 2.45) is 29.6 Å². The Kier molecular flexibility index (Phi) is 8.82. The zero-order valence-corrected chi connectivity index (χ0v) is 20.2. The van der Waals surface area contributed by atoms with E-state index in [1.165, 1.54) is 57.4 Å². The number of halogens is 3. The van der Waals surface area contributed by atoms with Crippen LogP contribution >= 0.6 is 0 Å². The van der Waals surface area contributed by atoms with E-state index in [4.69, 9.17) is 4.74 Å². The van der Waals surface area contributed by atoms with Crippen molar-refractivity contribution in [2.75, 3.05) is 13.3 Å². The highest BCUT2D eigenvalue weighted by atomic mass is 19.1. The second kappa shape index (κ2) is 11.8. The zero-order chi connectivity index (χ0) is 23.2. The van der Waals surface area contributed by atoms with Crippen molar-refractivity contribution in [3.05, 3.63) is 41.5 Å². The molecule has 4 heteroatoms. The number of benzene rings is 1. The molecule has 4 rings (SSSR count). The van der Waals surface area contributed by atoms with Crippen LogP contribution in [0.15, 0.2) is 30.1 Å². The molecule has 3 fully saturated rings. The van der Waals surface area contributed by atoms with E-state index < -0.39 is 6.67 Å². The lowest BCUT2D eigenvalue weighted by Gasteiger charge is -2.37. The van der Waals surface area contributed by atoms with Crippen molar-refractivity contribution in [1.82, 2.24) is 0 Å². The molecule has 3 saturated carbocycles. The Morgan fingerprint density at radius 3 is 2.15 bits per heavy atom. The molecule has 0 aromatic heterocycles. The minimum atomic E-state index is -0.761. The molecule has 1 nitrogen and oxygen atoms in total. The van der Waals surface area contributed by atoms with Crippen LogP contribution in [0.1, 0.15) is 95.5 Å². The summed E-state index contributed by atoms with van der Waals surface area (Å²) in [7, 11) is 0. The lowest BCUT2D eigenvalue weighted by atomic mass is 9.69. The SMILES string of the molecule is CC1CCC(C2CCC(COc3ccc(C4CCC(/C(F)=C/CF)CC4)c(F)c3)CC2)CC1. The van der Waals surface area contributed by atoms with E-state index in [2.05, 4.69) is 6.92 Å². The molecule has 0 heterocycles. The maximum Gasteiger partial charge on any atom is 0.130 e. The molecule has 0 spiro atoms. The van der Waals surface area contributed by atoms with Gasteiger partial charge in [0.2, 0.25) is 0 Å². The fourth-order valence-electron chi connectivity index (χ4n) is 6.65. The van der Waals surface area contributed by atoms with Crippen LogP contribution in [0, 0.1) is 35.4 Å². The third-order valence-corrected chi connectivity index (χ3v) is 8.91. The van der Waals surface area contributed by atoms with Gasteiger partial charge in [-0.3, -0.25) is 0 Å². The van der Waals surface area contributed by atoms with Crippen molar-refractivity contribution in [3.8, 4) is 5.75 Å². The lowest BCUT2D eigenvalue weighted by Crippen LogP contribution is -2.27. The summed E-state index contributed by atoms with van der Waals surface area (Å²) >= 11 is 0. The predicted octanol–water partition coefficient (Wildman–Crippen LogP) is 8.93. The minimum absolute atomic E-state index is 0.103. The minimum Gasteiger partial charge on any atom is -0.493 e. The molecule has 3 aliphatic rings. The van der Waals surface area contributed by atoms with E-state index in [0.717, 1.165) is 36.7 Å². The molecule has 3 aliphatic carbocycles. The van der Waals surface area contributed by atoms with Crippen molar-refractivity contribution in [3.63, 3.8) is 0 Å². The van der Waals surface area contributed by atoms with E-state index >= 15 is 0 Å². The summed E-state index contributed by atoms with van der Waals surface area (Å²) in [4.78, 5) is 0. The first-order valence-electron chi connectivity index (χ1n) is 13.4. The molecule has 0 radical (unpaired) electrons. The highest BCUT2D eigenvalue weighted by molar-refractivity contribution is 5.31. The van der Waals surface area contributed by atoms with Gasteiger partial charge < -0.3 is 4.74 Å². The maximum atomic E-state index is 14.8. The second-order valence-electron chi connectivity index (χ2n) is 11.1. The summed E-state index contributed by atoms with van der Waals surface area (Å²) in [6.07, 6.45) is 14.6. The summed E-state index contributed by atoms with van der Waals surface area (Å²) in [5.41, 5.74) is 0.706. The first-order chi connectivity index (χ1) is 16.0. The standard InChI is InChI=1S/C29H41F3O/c1-20-2-6-22(7-3-20)23-8-4-21(5-9-23)19-33-26-14-15-27(29(32)18-26)24-10-12-25(13-11-24)28(31)16-17-30/h14-16,18,20-25H,2-13,17,19H2,1H3/b28-16-. The Labute approximate surface area is 198 Å². The van der Waals surface area contributed by atoms with Crippen LogP contribution in [0.2, 0.25) is 0 Å². The first-order valence-corrected chi connectivity index (χ1v) is 13.4. The highest BCUT2D eigenvalue weighted by Gasteiger charge is 2.30. The first kappa shape index (κ1) is 24.7. The number of allylic oxidation sites excluding steroid dienone is 2. The normalized spacial score (nSPS) is 33.6. The van der Waals surface area contributed by atoms with Gasteiger partial charge in [0, 0.05) is 12.0 Å². The summed E-state index contributed by atoms with van der Waals surface area (Å²) in [5.74, 6) is 3.29. The molecule has 0 unspecified atom stereocenters. The average Bonchev–Trinajstić information content (AvgIpc) is 2.84. The molecule has 184 valence electrons. The van der Waals surface area contributed by atoms with Crippen LogP contribution in [0.5, 0.6) is 5.75 Å². The fraction of sp³-hybridized carbons (Fsp3) is 0.724. The van der Waals surface area contributed by atoms with E-state index in [1.807, 2.05) is 12.1 Å². The number of rotatable bonds is 7. The molecular formula is C29H41F3O. The zero-order valence-electron chi connectivity index (χ0n) is 20.2. The van der Waals surface area contributed by atoms with Crippen LogP contribution in [-0.4, -0.2) is 13.3 Å². The van der Waals surface area contributed by atoms with Crippen LogP contribution in [0.25, 0.3) is 0 Å². The second-order valence-corrected chi connectivity index (χ2v) is 11.1. The molecule has 0 aliphatic heterocycles. The molecular weight excluding hydrogens is 421 g/mol.